The van der Waals surface area contributed by atoms with Crippen LogP contribution in [0.25, 0.3) is 0 Å². The van der Waals surface area contributed by atoms with E-state index in [-0.39, 0.29) is 0 Å². The molecule has 2 aromatic rings. The van der Waals surface area contributed by atoms with E-state index in [1.54, 1.807) is 6.20 Å². The maximum atomic E-state index is 4.16. The number of aromatic nitrogens is 3. The molecule has 4 heteroatoms. The van der Waals surface area contributed by atoms with Crippen LogP contribution in [0.5, 0.6) is 0 Å². The summed E-state index contributed by atoms with van der Waals surface area (Å²) in [6.07, 6.45) is 9.68. The third-order valence-electron chi connectivity index (χ3n) is 2.61. The van der Waals surface area contributed by atoms with Gasteiger partial charge in [-0.05, 0) is 43.6 Å². The van der Waals surface area contributed by atoms with Crippen molar-refractivity contribution in [2.45, 2.75) is 19.4 Å². The van der Waals surface area contributed by atoms with Gasteiger partial charge in [-0.2, -0.15) is 5.10 Å². The van der Waals surface area contributed by atoms with Gasteiger partial charge in [0.25, 0.3) is 0 Å². The second-order valence-electron chi connectivity index (χ2n) is 3.98. The second-order valence-corrected chi connectivity index (χ2v) is 3.98. The maximum absolute atomic E-state index is 4.16. The SMILES string of the molecule is c1cncc(CCNCCCn2cccn2)c1. The Morgan fingerprint density at radius 3 is 2.94 bits per heavy atom. The van der Waals surface area contributed by atoms with Gasteiger partial charge in [0, 0.05) is 31.3 Å². The number of hydrogen-bond donors (Lipinski definition) is 1. The largest absolute Gasteiger partial charge is 0.316 e. The van der Waals surface area contributed by atoms with Crippen LogP contribution in [-0.4, -0.2) is 27.9 Å². The molecule has 0 spiro atoms. The highest BCUT2D eigenvalue weighted by atomic mass is 15.3. The number of aryl methyl sites for hydroxylation is 1. The van der Waals surface area contributed by atoms with E-state index in [1.807, 2.05) is 35.4 Å². The molecule has 4 nitrogen and oxygen atoms in total. The number of hydrogen-bond acceptors (Lipinski definition) is 3. The fourth-order valence-corrected chi connectivity index (χ4v) is 1.70. The minimum atomic E-state index is 0.979. The third kappa shape index (κ3) is 4.36. The van der Waals surface area contributed by atoms with Gasteiger partial charge < -0.3 is 5.32 Å². The van der Waals surface area contributed by atoms with Crippen molar-refractivity contribution < 1.29 is 0 Å². The molecule has 0 saturated heterocycles. The van der Waals surface area contributed by atoms with Gasteiger partial charge in [-0.15, -0.1) is 0 Å². The average molecular weight is 230 g/mol. The van der Waals surface area contributed by atoms with E-state index in [0.717, 1.165) is 32.5 Å². The molecule has 0 saturated carbocycles. The molecule has 2 rings (SSSR count). The summed E-state index contributed by atoms with van der Waals surface area (Å²) in [4.78, 5) is 4.09. The van der Waals surface area contributed by atoms with Gasteiger partial charge in [0.15, 0.2) is 0 Å². The van der Waals surface area contributed by atoms with Crippen LogP contribution in [0.1, 0.15) is 12.0 Å². The van der Waals surface area contributed by atoms with Crippen molar-refractivity contribution >= 4 is 0 Å². The van der Waals surface area contributed by atoms with E-state index in [0.29, 0.717) is 0 Å². The fourth-order valence-electron chi connectivity index (χ4n) is 1.70. The molecule has 0 atom stereocenters. The molecule has 0 radical (unpaired) electrons. The lowest BCUT2D eigenvalue weighted by molar-refractivity contribution is 0.544. The van der Waals surface area contributed by atoms with Gasteiger partial charge in [-0.1, -0.05) is 6.07 Å². The van der Waals surface area contributed by atoms with Crippen molar-refractivity contribution in [3.63, 3.8) is 0 Å². The van der Waals surface area contributed by atoms with E-state index in [9.17, 15) is 0 Å². The molecule has 0 unspecified atom stereocenters. The molecule has 1 N–H and O–H groups in total. The van der Waals surface area contributed by atoms with Gasteiger partial charge in [0.1, 0.15) is 0 Å². The highest BCUT2D eigenvalue weighted by molar-refractivity contribution is 5.08. The number of nitrogens with one attached hydrogen (secondary N) is 1. The smallest absolute Gasteiger partial charge is 0.0489 e. The summed E-state index contributed by atoms with van der Waals surface area (Å²) in [7, 11) is 0. The van der Waals surface area contributed by atoms with Crippen LogP contribution >= 0.6 is 0 Å². The summed E-state index contributed by atoms with van der Waals surface area (Å²) in [5.41, 5.74) is 1.28. The molecule has 0 aliphatic heterocycles. The summed E-state index contributed by atoms with van der Waals surface area (Å²) in [6.45, 7) is 3.01. The van der Waals surface area contributed by atoms with Crippen molar-refractivity contribution in [3.05, 3.63) is 48.5 Å². The Labute approximate surface area is 102 Å². The van der Waals surface area contributed by atoms with Crippen LogP contribution in [0, 0.1) is 0 Å². The van der Waals surface area contributed by atoms with Crippen molar-refractivity contribution in [2.24, 2.45) is 0 Å². The monoisotopic (exact) mass is 230 g/mol. The van der Waals surface area contributed by atoms with Crippen LogP contribution in [0.15, 0.2) is 43.0 Å². The zero-order chi connectivity index (χ0) is 11.8. The van der Waals surface area contributed by atoms with Crippen molar-refractivity contribution in [1.29, 1.82) is 0 Å². The van der Waals surface area contributed by atoms with E-state index in [2.05, 4.69) is 21.5 Å². The first-order valence-electron chi connectivity index (χ1n) is 6.02. The van der Waals surface area contributed by atoms with Crippen LogP contribution < -0.4 is 5.32 Å². The van der Waals surface area contributed by atoms with Crippen LogP contribution in [0.2, 0.25) is 0 Å². The van der Waals surface area contributed by atoms with E-state index in [4.69, 9.17) is 0 Å². The molecule has 0 fully saturated rings. The number of nitrogens with zero attached hydrogens (tertiary/aromatic N) is 3. The lowest BCUT2D eigenvalue weighted by atomic mass is 10.2. The number of rotatable bonds is 7. The Bertz CT molecular complexity index is 397. The average Bonchev–Trinajstić information content (AvgIpc) is 2.88. The van der Waals surface area contributed by atoms with Gasteiger partial charge in [-0.25, -0.2) is 0 Å². The molecule has 0 aromatic carbocycles. The first kappa shape index (κ1) is 11.8. The highest BCUT2D eigenvalue weighted by Gasteiger charge is 1.93. The van der Waals surface area contributed by atoms with Gasteiger partial charge in [0.2, 0.25) is 0 Å². The lowest BCUT2D eigenvalue weighted by Gasteiger charge is -2.05. The first-order valence-corrected chi connectivity index (χ1v) is 6.02. The molecular weight excluding hydrogens is 212 g/mol. The maximum Gasteiger partial charge on any atom is 0.0489 e. The van der Waals surface area contributed by atoms with Gasteiger partial charge in [-0.3, -0.25) is 9.67 Å². The molecule has 2 heterocycles. The Balaban J connectivity index is 1.52. The summed E-state index contributed by atoms with van der Waals surface area (Å²) in [5.74, 6) is 0. The van der Waals surface area contributed by atoms with Gasteiger partial charge >= 0.3 is 0 Å². The van der Waals surface area contributed by atoms with Crippen LogP contribution in [0.3, 0.4) is 0 Å². The van der Waals surface area contributed by atoms with Crippen molar-refractivity contribution in [3.8, 4) is 0 Å². The topological polar surface area (TPSA) is 42.7 Å². The van der Waals surface area contributed by atoms with E-state index < -0.39 is 0 Å². The van der Waals surface area contributed by atoms with E-state index in [1.165, 1.54) is 5.56 Å². The standard InChI is InChI=1S/C13H18N4/c1-4-13(12-15-6-1)5-9-14-7-2-10-17-11-3-8-16-17/h1,3-4,6,8,11-12,14H,2,5,7,9-10H2. The molecule has 0 amide bonds. The summed E-state index contributed by atoms with van der Waals surface area (Å²) in [6, 6.07) is 6.04. The van der Waals surface area contributed by atoms with Gasteiger partial charge in [0.05, 0.1) is 0 Å². The Kier molecular flexibility index (Phi) is 4.72. The third-order valence-corrected chi connectivity index (χ3v) is 2.61. The zero-order valence-electron chi connectivity index (χ0n) is 9.92. The highest BCUT2D eigenvalue weighted by Crippen LogP contribution is 1.95. The second kappa shape index (κ2) is 6.81. The fraction of sp³-hybridized carbons (Fsp3) is 0.385. The molecule has 0 bridgehead atoms. The summed E-state index contributed by atoms with van der Waals surface area (Å²) in [5, 5.41) is 7.59. The predicted octanol–water partition coefficient (Wildman–Crippen LogP) is 1.50. The number of pyridine rings is 1. The van der Waals surface area contributed by atoms with Crippen LogP contribution in [0.4, 0.5) is 0 Å². The molecule has 0 aliphatic carbocycles. The normalized spacial score (nSPS) is 10.6. The molecule has 2 aromatic heterocycles. The Hall–Kier alpha value is -1.68. The molecule has 0 aliphatic rings. The molecule has 17 heavy (non-hydrogen) atoms. The minimum absolute atomic E-state index is 0.979. The summed E-state index contributed by atoms with van der Waals surface area (Å²) >= 11 is 0. The molecule has 90 valence electrons. The first-order chi connectivity index (χ1) is 8.45. The molecular formula is C13H18N4. The Morgan fingerprint density at radius 2 is 2.18 bits per heavy atom. The quantitative estimate of drug-likeness (QED) is 0.733. The zero-order valence-corrected chi connectivity index (χ0v) is 9.92. The lowest BCUT2D eigenvalue weighted by Crippen LogP contribution is -2.20. The van der Waals surface area contributed by atoms with Crippen molar-refractivity contribution in [1.82, 2.24) is 20.1 Å². The Morgan fingerprint density at radius 1 is 1.18 bits per heavy atom. The summed E-state index contributed by atoms with van der Waals surface area (Å²) < 4.78 is 1.96. The van der Waals surface area contributed by atoms with Crippen LogP contribution in [-0.2, 0) is 13.0 Å². The minimum Gasteiger partial charge on any atom is -0.316 e. The van der Waals surface area contributed by atoms with Crippen molar-refractivity contribution in [2.75, 3.05) is 13.1 Å². The predicted molar refractivity (Wildman–Crippen MR) is 67.7 cm³/mol. The van der Waals surface area contributed by atoms with E-state index >= 15 is 0 Å².